The van der Waals surface area contributed by atoms with Crippen LogP contribution in [0, 0.1) is 13.8 Å². The van der Waals surface area contributed by atoms with Crippen LogP contribution in [0.15, 0.2) is 36.5 Å². The third-order valence-corrected chi connectivity index (χ3v) is 2.48. The Bertz CT molecular complexity index is 550. The molecule has 3 heteroatoms. The number of carbonyl (C=O) groups excluding carboxylic acids is 1. The molecule has 17 heavy (non-hydrogen) atoms. The summed E-state index contributed by atoms with van der Waals surface area (Å²) in [6.45, 7) is 3.95. The van der Waals surface area contributed by atoms with Crippen molar-refractivity contribution in [2.24, 2.45) is 0 Å². The molecule has 0 saturated carbocycles. The van der Waals surface area contributed by atoms with Gasteiger partial charge in [-0.3, -0.25) is 4.79 Å². The molecule has 0 aliphatic carbocycles. The Morgan fingerprint density at radius 2 is 2.06 bits per heavy atom. The van der Waals surface area contributed by atoms with Crippen LogP contribution < -0.4 is 4.74 Å². The fourth-order valence-electron chi connectivity index (χ4n) is 1.50. The van der Waals surface area contributed by atoms with Crippen LogP contribution in [0.25, 0.3) is 0 Å². The van der Waals surface area contributed by atoms with Gasteiger partial charge < -0.3 is 4.74 Å². The lowest BCUT2D eigenvalue weighted by molar-refractivity contribution is 0.112. The molecule has 3 nitrogen and oxygen atoms in total. The first-order valence-electron chi connectivity index (χ1n) is 5.36. The van der Waals surface area contributed by atoms with Gasteiger partial charge in [0.25, 0.3) is 0 Å². The monoisotopic (exact) mass is 227 g/mol. The van der Waals surface area contributed by atoms with Gasteiger partial charge in [0.2, 0.25) is 5.88 Å². The van der Waals surface area contributed by atoms with Gasteiger partial charge in [0.15, 0.2) is 6.29 Å². The lowest BCUT2D eigenvalue weighted by Gasteiger charge is -2.09. The number of ether oxygens (including phenoxy) is 1. The van der Waals surface area contributed by atoms with Crippen LogP contribution in [-0.4, -0.2) is 11.3 Å². The topological polar surface area (TPSA) is 39.2 Å². The van der Waals surface area contributed by atoms with Crippen LogP contribution in [-0.2, 0) is 0 Å². The van der Waals surface area contributed by atoms with Crippen molar-refractivity contribution in [3.05, 3.63) is 53.2 Å². The standard InChI is InChI=1S/C14H13NO2/c1-10-5-6-11(2)13(8-10)17-14-12(9-16)4-3-7-15-14/h3-9H,1-2H3. The fourth-order valence-corrected chi connectivity index (χ4v) is 1.50. The van der Waals surface area contributed by atoms with E-state index >= 15 is 0 Å². The van der Waals surface area contributed by atoms with Gasteiger partial charge in [0.05, 0.1) is 5.56 Å². The molecule has 2 rings (SSSR count). The van der Waals surface area contributed by atoms with E-state index in [1.165, 1.54) is 0 Å². The van der Waals surface area contributed by atoms with Crippen LogP contribution in [0.5, 0.6) is 11.6 Å². The molecular weight excluding hydrogens is 214 g/mol. The van der Waals surface area contributed by atoms with Gasteiger partial charge in [-0.05, 0) is 43.2 Å². The Balaban J connectivity index is 2.37. The lowest BCUT2D eigenvalue weighted by atomic mass is 10.1. The average Bonchev–Trinajstić information content (AvgIpc) is 2.34. The smallest absolute Gasteiger partial charge is 0.229 e. The Morgan fingerprint density at radius 3 is 2.82 bits per heavy atom. The minimum atomic E-state index is 0.344. The van der Waals surface area contributed by atoms with Gasteiger partial charge in [-0.1, -0.05) is 12.1 Å². The van der Waals surface area contributed by atoms with Crippen LogP contribution in [0.3, 0.4) is 0 Å². The number of hydrogen-bond donors (Lipinski definition) is 0. The maximum atomic E-state index is 10.8. The number of aromatic nitrogens is 1. The van der Waals surface area contributed by atoms with Crippen molar-refractivity contribution < 1.29 is 9.53 Å². The van der Waals surface area contributed by atoms with Crippen LogP contribution in [0.1, 0.15) is 21.5 Å². The molecule has 1 heterocycles. The maximum absolute atomic E-state index is 10.8. The molecule has 0 fully saturated rings. The maximum Gasteiger partial charge on any atom is 0.229 e. The van der Waals surface area contributed by atoms with Gasteiger partial charge in [0.1, 0.15) is 5.75 Å². The van der Waals surface area contributed by atoms with E-state index in [2.05, 4.69) is 4.98 Å². The molecule has 0 bridgehead atoms. The molecular formula is C14H13NO2. The van der Waals surface area contributed by atoms with Crippen molar-refractivity contribution in [3.63, 3.8) is 0 Å². The molecule has 1 aromatic carbocycles. The molecule has 0 aliphatic heterocycles. The first kappa shape index (κ1) is 11.3. The molecule has 86 valence electrons. The van der Waals surface area contributed by atoms with Crippen molar-refractivity contribution >= 4 is 6.29 Å². The van der Waals surface area contributed by atoms with Crippen LogP contribution in [0.4, 0.5) is 0 Å². The number of benzene rings is 1. The predicted molar refractivity (Wildman–Crippen MR) is 65.6 cm³/mol. The highest BCUT2D eigenvalue weighted by Gasteiger charge is 2.07. The molecule has 0 unspecified atom stereocenters. The summed E-state index contributed by atoms with van der Waals surface area (Å²) in [6, 6.07) is 9.31. The van der Waals surface area contributed by atoms with Crippen molar-refractivity contribution in [2.45, 2.75) is 13.8 Å². The zero-order chi connectivity index (χ0) is 12.3. The fraction of sp³-hybridized carbons (Fsp3) is 0.143. The zero-order valence-electron chi connectivity index (χ0n) is 9.81. The molecule has 0 radical (unpaired) electrons. The number of rotatable bonds is 3. The van der Waals surface area contributed by atoms with Gasteiger partial charge in [-0.15, -0.1) is 0 Å². The summed E-state index contributed by atoms with van der Waals surface area (Å²) in [4.78, 5) is 14.9. The molecule has 0 atom stereocenters. The number of pyridine rings is 1. The van der Waals surface area contributed by atoms with E-state index < -0.39 is 0 Å². The van der Waals surface area contributed by atoms with Crippen molar-refractivity contribution in [1.29, 1.82) is 0 Å². The number of hydrogen-bond acceptors (Lipinski definition) is 3. The third-order valence-electron chi connectivity index (χ3n) is 2.48. The summed E-state index contributed by atoms with van der Waals surface area (Å²) in [5.41, 5.74) is 2.57. The van der Waals surface area contributed by atoms with Gasteiger partial charge >= 0.3 is 0 Å². The Hall–Kier alpha value is -2.16. The first-order chi connectivity index (χ1) is 8.20. The van der Waals surface area contributed by atoms with E-state index in [4.69, 9.17) is 4.74 Å². The summed E-state index contributed by atoms with van der Waals surface area (Å²) in [6.07, 6.45) is 2.35. The van der Waals surface area contributed by atoms with E-state index in [0.717, 1.165) is 23.2 Å². The highest BCUT2D eigenvalue weighted by molar-refractivity contribution is 5.78. The summed E-state index contributed by atoms with van der Waals surface area (Å²) < 4.78 is 5.67. The van der Waals surface area contributed by atoms with Gasteiger partial charge in [-0.25, -0.2) is 4.98 Å². The number of carbonyl (C=O) groups is 1. The zero-order valence-corrected chi connectivity index (χ0v) is 9.81. The van der Waals surface area contributed by atoms with Crippen molar-refractivity contribution in [2.75, 3.05) is 0 Å². The summed E-state index contributed by atoms with van der Waals surface area (Å²) in [5.74, 6) is 1.07. The van der Waals surface area contributed by atoms with E-state index in [0.29, 0.717) is 11.4 Å². The second-order valence-corrected chi connectivity index (χ2v) is 3.89. The molecule has 0 saturated heterocycles. The van der Waals surface area contributed by atoms with E-state index in [-0.39, 0.29) is 0 Å². The second-order valence-electron chi connectivity index (χ2n) is 3.89. The van der Waals surface area contributed by atoms with E-state index in [9.17, 15) is 4.79 Å². The Labute approximate surface area is 100 Å². The molecule has 0 N–H and O–H groups in total. The summed E-state index contributed by atoms with van der Waals surface area (Å²) in [5, 5.41) is 0. The lowest BCUT2D eigenvalue weighted by Crippen LogP contribution is -1.95. The second kappa shape index (κ2) is 4.78. The number of aryl methyl sites for hydroxylation is 2. The highest BCUT2D eigenvalue weighted by atomic mass is 16.5. The predicted octanol–water partition coefficient (Wildman–Crippen LogP) is 3.30. The normalized spacial score (nSPS) is 10.0. The van der Waals surface area contributed by atoms with Crippen molar-refractivity contribution in [1.82, 2.24) is 4.98 Å². The molecule has 1 aromatic heterocycles. The van der Waals surface area contributed by atoms with Gasteiger partial charge in [-0.2, -0.15) is 0 Å². The minimum absolute atomic E-state index is 0.344. The molecule has 2 aromatic rings. The highest BCUT2D eigenvalue weighted by Crippen LogP contribution is 2.26. The summed E-state index contributed by atoms with van der Waals surface area (Å²) in [7, 11) is 0. The number of aldehydes is 1. The molecule has 0 aliphatic rings. The van der Waals surface area contributed by atoms with E-state index in [1.807, 2.05) is 32.0 Å². The minimum Gasteiger partial charge on any atom is -0.438 e. The molecule has 0 amide bonds. The Kier molecular flexibility index (Phi) is 3.19. The first-order valence-corrected chi connectivity index (χ1v) is 5.36. The van der Waals surface area contributed by atoms with Crippen molar-refractivity contribution in [3.8, 4) is 11.6 Å². The Morgan fingerprint density at radius 1 is 1.24 bits per heavy atom. The average molecular weight is 227 g/mol. The van der Waals surface area contributed by atoms with Crippen LogP contribution in [0.2, 0.25) is 0 Å². The molecule has 0 spiro atoms. The summed E-state index contributed by atoms with van der Waals surface area (Å²) >= 11 is 0. The van der Waals surface area contributed by atoms with Gasteiger partial charge in [0, 0.05) is 6.20 Å². The SMILES string of the molecule is Cc1ccc(C)c(Oc2ncccc2C=O)c1. The quantitative estimate of drug-likeness (QED) is 0.755. The largest absolute Gasteiger partial charge is 0.438 e. The van der Waals surface area contributed by atoms with E-state index in [1.54, 1.807) is 18.3 Å². The van der Waals surface area contributed by atoms with Crippen LogP contribution >= 0.6 is 0 Å². The third kappa shape index (κ3) is 2.50. The number of nitrogens with zero attached hydrogens (tertiary/aromatic N) is 1.